The number of hydrogen-bond acceptors (Lipinski definition) is 1. The molecule has 21 heavy (non-hydrogen) atoms. The minimum Gasteiger partial charge on any atom is -0.306 e. The third-order valence-corrected chi connectivity index (χ3v) is 4.03. The fourth-order valence-corrected chi connectivity index (χ4v) is 2.84. The Morgan fingerprint density at radius 2 is 1.81 bits per heavy atom. The fourth-order valence-electron chi connectivity index (χ4n) is 2.84. The summed E-state index contributed by atoms with van der Waals surface area (Å²) < 4.78 is 0. The van der Waals surface area contributed by atoms with E-state index in [0.29, 0.717) is 0 Å². The van der Waals surface area contributed by atoms with Gasteiger partial charge in [-0.1, -0.05) is 61.9 Å². The second-order valence-corrected chi connectivity index (χ2v) is 5.85. The minimum atomic E-state index is 0.289. The molecule has 0 aliphatic carbocycles. The minimum absolute atomic E-state index is 0.289. The predicted molar refractivity (Wildman–Crippen MR) is 91.9 cm³/mol. The van der Waals surface area contributed by atoms with Crippen LogP contribution in [0.15, 0.2) is 42.5 Å². The lowest BCUT2D eigenvalue weighted by molar-refractivity contribution is 0.595. The molecule has 0 fully saturated rings. The summed E-state index contributed by atoms with van der Waals surface area (Å²) >= 11 is 0. The quantitative estimate of drug-likeness (QED) is 0.789. The highest BCUT2D eigenvalue weighted by Crippen LogP contribution is 2.26. The molecular weight excluding hydrogens is 254 g/mol. The molecule has 0 aliphatic heterocycles. The molecule has 1 unspecified atom stereocenters. The van der Waals surface area contributed by atoms with Crippen molar-refractivity contribution in [3.63, 3.8) is 0 Å². The molecule has 112 valence electrons. The van der Waals surface area contributed by atoms with E-state index >= 15 is 0 Å². The molecule has 0 aromatic heterocycles. The average Bonchev–Trinajstić information content (AvgIpc) is 2.49. The van der Waals surface area contributed by atoms with Crippen LogP contribution in [0.3, 0.4) is 0 Å². The van der Waals surface area contributed by atoms with Gasteiger partial charge in [0.1, 0.15) is 0 Å². The molecule has 2 rings (SSSR count). The maximum Gasteiger partial charge on any atom is 0.0579 e. The topological polar surface area (TPSA) is 12.0 Å². The third kappa shape index (κ3) is 3.95. The van der Waals surface area contributed by atoms with Crippen molar-refractivity contribution in [2.75, 3.05) is 6.54 Å². The highest BCUT2D eigenvalue weighted by Gasteiger charge is 2.15. The lowest BCUT2D eigenvalue weighted by Gasteiger charge is -2.22. The zero-order valence-corrected chi connectivity index (χ0v) is 13.7. The largest absolute Gasteiger partial charge is 0.306 e. The van der Waals surface area contributed by atoms with Gasteiger partial charge in [0.05, 0.1) is 6.04 Å². The molecule has 1 N–H and O–H groups in total. The van der Waals surface area contributed by atoms with Crippen molar-refractivity contribution in [1.82, 2.24) is 5.32 Å². The third-order valence-electron chi connectivity index (χ3n) is 4.03. The zero-order valence-electron chi connectivity index (χ0n) is 13.7. The fraction of sp³-hybridized carbons (Fsp3) is 0.400. The maximum absolute atomic E-state index is 3.71. The first-order valence-corrected chi connectivity index (χ1v) is 8.05. The Morgan fingerprint density at radius 1 is 1.00 bits per heavy atom. The number of aryl methyl sites for hydroxylation is 3. The Hall–Kier alpha value is -1.60. The Morgan fingerprint density at radius 3 is 2.48 bits per heavy atom. The van der Waals surface area contributed by atoms with Crippen molar-refractivity contribution in [3.05, 3.63) is 70.3 Å². The first-order valence-electron chi connectivity index (χ1n) is 8.05. The van der Waals surface area contributed by atoms with Gasteiger partial charge in [0.15, 0.2) is 0 Å². The van der Waals surface area contributed by atoms with E-state index in [9.17, 15) is 0 Å². The molecule has 0 bridgehead atoms. The van der Waals surface area contributed by atoms with Crippen LogP contribution in [-0.2, 0) is 6.42 Å². The van der Waals surface area contributed by atoms with Crippen molar-refractivity contribution in [1.29, 1.82) is 0 Å². The molecule has 0 radical (unpaired) electrons. The van der Waals surface area contributed by atoms with Crippen LogP contribution in [-0.4, -0.2) is 6.54 Å². The SMILES string of the molecule is CCCNC(c1cccc(CC)c1)c1ccc(C)cc1C. The highest BCUT2D eigenvalue weighted by atomic mass is 14.9. The molecule has 1 heteroatoms. The van der Waals surface area contributed by atoms with Crippen LogP contribution in [0, 0.1) is 13.8 Å². The Bertz CT molecular complexity index is 586. The predicted octanol–water partition coefficient (Wildman–Crippen LogP) is 4.95. The highest BCUT2D eigenvalue weighted by molar-refractivity contribution is 5.40. The van der Waals surface area contributed by atoms with E-state index in [4.69, 9.17) is 0 Å². The molecule has 2 aromatic carbocycles. The van der Waals surface area contributed by atoms with Crippen LogP contribution in [0.25, 0.3) is 0 Å². The Balaban J connectivity index is 2.41. The van der Waals surface area contributed by atoms with Gasteiger partial charge in [-0.25, -0.2) is 0 Å². The monoisotopic (exact) mass is 281 g/mol. The van der Waals surface area contributed by atoms with E-state index < -0.39 is 0 Å². The van der Waals surface area contributed by atoms with Gasteiger partial charge in [-0.05, 0) is 55.5 Å². The number of benzene rings is 2. The summed E-state index contributed by atoms with van der Waals surface area (Å²) in [6.45, 7) is 9.84. The van der Waals surface area contributed by atoms with E-state index in [0.717, 1.165) is 19.4 Å². The van der Waals surface area contributed by atoms with Gasteiger partial charge in [0.2, 0.25) is 0 Å². The van der Waals surface area contributed by atoms with E-state index in [1.165, 1.54) is 27.8 Å². The molecule has 1 nitrogen and oxygen atoms in total. The van der Waals surface area contributed by atoms with Crippen LogP contribution < -0.4 is 5.32 Å². The molecule has 0 saturated carbocycles. The summed E-state index contributed by atoms with van der Waals surface area (Å²) in [4.78, 5) is 0. The summed E-state index contributed by atoms with van der Waals surface area (Å²) in [5.74, 6) is 0. The average molecular weight is 281 g/mol. The first kappa shape index (κ1) is 15.8. The second kappa shape index (κ2) is 7.42. The zero-order chi connectivity index (χ0) is 15.2. The van der Waals surface area contributed by atoms with E-state index in [1.54, 1.807) is 0 Å². The van der Waals surface area contributed by atoms with E-state index in [-0.39, 0.29) is 6.04 Å². The Kier molecular flexibility index (Phi) is 5.58. The van der Waals surface area contributed by atoms with Crippen LogP contribution >= 0.6 is 0 Å². The number of rotatable bonds is 6. The van der Waals surface area contributed by atoms with Gasteiger partial charge < -0.3 is 5.32 Å². The van der Waals surface area contributed by atoms with Gasteiger partial charge >= 0.3 is 0 Å². The van der Waals surface area contributed by atoms with Crippen molar-refractivity contribution < 1.29 is 0 Å². The Labute approximate surface area is 129 Å². The molecule has 0 spiro atoms. The van der Waals surface area contributed by atoms with Gasteiger partial charge in [-0.3, -0.25) is 0 Å². The van der Waals surface area contributed by atoms with Gasteiger partial charge in [-0.2, -0.15) is 0 Å². The van der Waals surface area contributed by atoms with Crippen molar-refractivity contribution in [3.8, 4) is 0 Å². The standard InChI is InChI=1S/C20H27N/c1-5-12-21-20(18-9-7-8-17(6-2)14-18)19-11-10-15(3)13-16(19)4/h7-11,13-14,20-21H,5-6,12H2,1-4H3. The van der Waals surface area contributed by atoms with Gasteiger partial charge in [0, 0.05) is 0 Å². The first-order chi connectivity index (χ1) is 10.2. The smallest absolute Gasteiger partial charge is 0.0579 e. The van der Waals surface area contributed by atoms with Gasteiger partial charge in [-0.15, -0.1) is 0 Å². The van der Waals surface area contributed by atoms with Crippen molar-refractivity contribution in [2.24, 2.45) is 0 Å². The van der Waals surface area contributed by atoms with Crippen LogP contribution in [0.1, 0.15) is 54.1 Å². The van der Waals surface area contributed by atoms with Crippen molar-refractivity contribution in [2.45, 2.75) is 46.6 Å². The second-order valence-electron chi connectivity index (χ2n) is 5.85. The summed E-state index contributed by atoms with van der Waals surface area (Å²) in [7, 11) is 0. The lowest BCUT2D eigenvalue weighted by Crippen LogP contribution is -2.24. The molecule has 0 aliphatic rings. The molecule has 0 saturated heterocycles. The van der Waals surface area contributed by atoms with E-state index in [2.05, 4.69) is 75.5 Å². The molecule has 1 atom stereocenters. The molecular formula is C20H27N. The summed E-state index contributed by atoms with van der Waals surface area (Å²) in [6.07, 6.45) is 2.23. The van der Waals surface area contributed by atoms with Crippen LogP contribution in [0.4, 0.5) is 0 Å². The molecule has 2 aromatic rings. The van der Waals surface area contributed by atoms with Gasteiger partial charge in [0.25, 0.3) is 0 Å². The molecule has 0 heterocycles. The van der Waals surface area contributed by atoms with Crippen LogP contribution in [0.5, 0.6) is 0 Å². The summed E-state index contributed by atoms with van der Waals surface area (Å²) in [5.41, 5.74) is 6.86. The van der Waals surface area contributed by atoms with Crippen LogP contribution in [0.2, 0.25) is 0 Å². The maximum atomic E-state index is 3.71. The summed E-state index contributed by atoms with van der Waals surface area (Å²) in [6, 6.07) is 16.0. The van der Waals surface area contributed by atoms with Crippen molar-refractivity contribution >= 4 is 0 Å². The number of hydrogen-bond donors (Lipinski definition) is 1. The number of nitrogens with one attached hydrogen (secondary N) is 1. The summed E-state index contributed by atoms with van der Waals surface area (Å²) in [5, 5.41) is 3.71. The van der Waals surface area contributed by atoms with E-state index in [1.807, 2.05) is 0 Å². The molecule has 0 amide bonds. The lowest BCUT2D eigenvalue weighted by atomic mass is 9.92. The normalized spacial score (nSPS) is 12.4.